The zero-order valence-electron chi connectivity index (χ0n) is 11.2. The van der Waals surface area contributed by atoms with Gasteiger partial charge in [-0.2, -0.15) is 0 Å². The molecule has 3 N–H and O–H groups in total. The number of carboxylic acids is 1. The lowest BCUT2D eigenvalue weighted by atomic mass is 10.1. The van der Waals surface area contributed by atoms with Gasteiger partial charge in [-0.3, -0.25) is 4.79 Å². The van der Waals surface area contributed by atoms with E-state index in [4.69, 9.17) is 5.11 Å². The maximum absolute atomic E-state index is 11.7. The van der Waals surface area contributed by atoms with Crippen molar-refractivity contribution >= 4 is 11.9 Å². The Morgan fingerprint density at radius 2 is 2.05 bits per heavy atom. The van der Waals surface area contributed by atoms with E-state index in [1.54, 1.807) is 22.8 Å². The van der Waals surface area contributed by atoms with Crippen LogP contribution >= 0.6 is 0 Å². The average Bonchev–Trinajstić information content (AvgIpc) is 2.90. The second-order valence-corrected chi connectivity index (χ2v) is 4.46. The molecular weight excluding hydrogens is 274 g/mol. The minimum Gasteiger partial charge on any atom is -0.508 e. The van der Waals surface area contributed by atoms with Crippen molar-refractivity contribution < 1.29 is 19.8 Å². The third kappa shape index (κ3) is 4.07. The number of carboxylic acid groups (broad SMARTS) is 1. The zero-order chi connectivity index (χ0) is 15.2. The number of carbonyl (C=O) groups is 2. The molecule has 0 bridgehead atoms. The van der Waals surface area contributed by atoms with E-state index in [1.807, 2.05) is 0 Å². The lowest BCUT2D eigenvalue weighted by Crippen LogP contribution is -2.28. The van der Waals surface area contributed by atoms with Crippen molar-refractivity contribution in [2.75, 3.05) is 6.54 Å². The molecular formula is C14H15N3O4. The molecule has 1 aromatic heterocycles. The van der Waals surface area contributed by atoms with E-state index in [2.05, 4.69) is 10.3 Å². The molecule has 0 radical (unpaired) electrons. The van der Waals surface area contributed by atoms with Gasteiger partial charge in [-0.1, -0.05) is 18.2 Å². The summed E-state index contributed by atoms with van der Waals surface area (Å²) in [7, 11) is 0. The zero-order valence-corrected chi connectivity index (χ0v) is 11.2. The van der Waals surface area contributed by atoms with E-state index in [1.165, 1.54) is 18.6 Å². The van der Waals surface area contributed by atoms with E-state index < -0.39 is 5.97 Å². The quantitative estimate of drug-likeness (QED) is 0.724. The van der Waals surface area contributed by atoms with Gasteiger partial charge in [0, 0.05) is 24.8 Å². The minimum atomic E-state index is -1.09. The van der Waals surface area contributed by atoms with Gasteiger partial charge in [0.25, 0.3) is 0 Å². The summed E-state index contributed by atoms with van der Waals surface area (Å²) < 4.78 is 1.59. The molecule has 1 heterocycles. The van der Waals surface area contributed by atoms with Gasteiger partial charge in [0.2, 0.25) is 5.91 Å². The van der Waals surface area contributed by atoms with E-state index >= 15 is 0 Å². The van der Waals surface area contributed by atoms with Gasteiger partial charge in [0.05, 0.1) is 12.7 Å². The number of phenols is 1. The van der Waals surface area contributed by atoms with Crippen LogP contribution in [0.1, 0.15) is 16.1 Å². The Kier molecular flexibility index (Phi) is 4.55. The highest BCUT2D eigenvalue weighted by atomic mass is 16.4. The number of hydrogen-bond acceptors (Lipinski definition) is 4. The van der Waals surface area contributed by atoms with E-state index in [9.17, 15) is 14.7 Å². The van der Waals surface area contributed by atoms with Crippen LogP contribution in [0.2, 0.25) is 0 Å². The number of benzene rings is 1. The number of aromatic nitrogens is 2. The van der Waals surface area contributed by atoms with Crippen LogP contribution < -0.4 is 5.32 Å². The fourth-order valence-electron chi connectivity index (χ4n) is 1.81. The maximum atomic E-state index is 11.7. The van der Waals surface area contributed by atoms with Gasteiger partial charge >= 0.3 is 5.97 Å². The van der Waals surface area contributed by atoms with Crippen LogP contribution in [0.25, 0.3) is 0 Å². The van der Waals surface area contributed by atoms with Crippen LogP contribution in [-0.2, 0) is 17.8 Å². The van der Waals surface area contributed by atoms with Crippen LogP contribution in [0.15, 0.2) is 36.8 Å². The molecule has 7 nitrogen and oxygen atoms in total. The van der Waals surface area contributed by atoms with Gasteiger partial charge in [0.1, 0.15) is 5.75 Å². The van der Waals surface area contributed by atoms with E-state index in [0.717, 1.165) is 0 Å². The molecule has 21 heavy (non-hydrogen) atoms. The van der Waals surface area contributed by atoms with Crippen molar-refractivity contribution in [3.63, 3.8) is 0 Å². The topological polar surface area (TPSA) is 104 Å². The molecule has 0 saturated heterocycles. The molecule has 110 valence electrons. The van der Waals surface area contributed by atoms with Crippen LogP contribution in [0, 0.1) is 0 Å². The predicted molar refractivity (Wildman–Crippen MR) is 74.0 cm³/mol. The Morgan fingerprint density at radius 1 is 1.29 bits per heavy atom. The molecule has 0 aliphatic rings. The monoisotopic (exact) mass is 289 g/mol. The van der Waals surface area contributed by atoms with Crippen molar-refractivity contribution in [2.24, 2.45) is 0 Å². The summed E-state index contributed by atoms with van der Waals surface area (Å²) >= 11 is 0. The maximum Gasteiger partial charge on any atom is 0.356 e. The number of nitrogens with one attached hydrogen (secondary N) is 1. The highest BCUT2D eigenvalue weighted by molar-refractivity contribution is 5.84. The Balaban J connectivity index is 1.79. The van der Waals surface area contributed by atoms with Crippen LogP contribution in [0.3, 0.4) is 0 Å². The van der Waals surface area contributed by atoms with Gasteiger partial charge in [-0.05, 0) is 6.07 Å². The number of amides is 1. The Hall–Kier alpha value is -2.83. The number of nitrogens with zero attached hydrogens (tertiary/aromatic N) is 2. The van der Waals surface area contributed by atoms with Crippen molar-refractivity contribution in [3.05, 3.63) is 48.0 Å². The van der Waals surface area contributed by atoms with Crippen LogP contribution in [0.4, 0.5) is 0 Å². The first-order chi connectivity index (χ1) is 10.1. The van der Waals surface area contributed by atoms with Gasteiger partial charge < -0.3 is 20.1 Å². The van der Waals surface area contributed by atoms with Crippen LogP contribution in [0.5, 0.6) is 5.75 Å². The third-order valence-electron chi connectivity index (χ3n) is 2.89. The average molecular weight is 289 g/mol. The molecule has 0 saturated carbocycles. The number of carbonyl (C=O) groups excluding carboxylic acids is 1. The van der Waals surface area contributed by atoms with Crippen LogP contribution in [-0.4, -0.2) is 38.2 Å². The molecule has 0 aliphatic heterocycles. The standard InChI is InChI=1S/C14H15N3O4/c18-12-4-2-1-3-10(12)7-13(19)15-5-6-17-8-11(14(20)21)16-9-17/h1-4,8-9,18H,5-7H2,(H,15,19)(H,20,21). The molecule has 0 aliphatic carbocycles. The number of rotatable bonds is 6. The largest absolute Gasteiger partial charge is 0.508 e. The fourth-order valence-corrected chi connectivity index (χ4v) is 1.81. The normalized spacial score (nSPS) is 10.3. The lowest BCUT2D eigenvalue weighted by Gasteiger charge is -2.07. The Bertz CT molecular complexity index is 651. The fraction of sp³-hybridized carbons (Fsp3) is 0.214. The van der Waals surface area contributed by atoms with Crippen molar-refractivity contribution in [3.8, 4) is 5.75 Å². The van der Waals surface area contributed by atoms with Crippen molar-refractivity contribution in [1.29, 1.82) is 0 Å². The molecule has 1 amide bonds. The van der Waals surface area contributed by atoms with Gasteiger partial charge in [0.15, 0.2) is 5.69 Å². The molecule has 7 heteroatoms. The number of aromatic carboxylic acids is 1. The second kappa shape index (κ2) is 6.56. The number of para-hydroxylation sites is 1. The number of phenolic OH excluding ortho intramolecular Hbond substituents is 1. The highest BCUT2D eigenvalue weighted by Crippen LogP contribution is 2.15. The molecule has 0 spiro atoms. The minimum absolute atomic E-state index is 0.0319. The molecule has 0 fully saturated rings. The molecule has 2 aromatic rings. The summed E-state index contributed by atoms with van der Waals surface area (Å²) in [5.41, 5.74) is 0.529. The second-order valence-electron chi connectivity index (χ2n) is 4.46. The smallest absolute Gasteiger partial charge is 0.356 e. The molecule has 0 unspecified atom stereocenters. The first kappa shape index (κ1) is 14.6. The van der Waals surface area contributed by atoms with Crippen molar-refractivity contribution in [2.45, 2.75) is 13.0 Å². The highest BCUT2D eigenvalue weighted by Gasteiger charge is 2.08. The molecule has 0 atom stereocenters. The summed E-state index contributed by atoms with van der Waals surface area (Å²) in [6.07, 6.45) is 2.90. The van der Waals surface area contributed by atoms with Gasteiger partial charge in [-0.15, -0.1) is 0 Å². The SMILES string of the molecule is O=C(Cc1ccccc1O)NCCn1cnc(C(=O)O)c1. The number of hydrogen-bond donors (Lipinski definition) is 3. The predicted octanol–water partition coefficient (Wildman–Crippen LogP) is 0.646. The summed E-state index contributed by atoms with van der Waals surface area (Å²) in [5, 5.41) is 21.0. The summed E-state index contributed by atoms with van der Waals surface area (Å²) in [6.45, 7) is 0.772. The summed E-state index contributed by atoms with van der Waals surface area (Å²) in [4.78, 5) is 26.1. The molecule has 1 aromatic carbocycles. The van der Waals surface area contributed by atoms with Gasteiger partial charge in [-0.25, -0.2) is 9.78 Å². The summed E-state index contributed by atoms with van der Waals surface area (Å²) in [5.74, 6) is -1.21. The Labute approximate surface area is 120 Å². The summed E-state index contributed by atoms with van der Waals surface area (Å²) in [6, 6.07) is 6.66. The van der Waals surface area contributed by atoms with E-state index in [0.29, 0.717) is 18.7 Å². The molecule has 2 rings (SSSR count). The Morgan fingerprint density at radius 3 is 2.71 bits per heavy atom. The number of imidazole rings is 1. The third-order valence-corrected chi connectivity index (χ3v) is 2.89. The first-order valence-electron chi connectivity index (χ1n) is 6.35. The lowest BCUT2D eigenvalue weighted by molar-refractivity contribution is -0.120. The number of aromatic hydroxyl groups is 1. The van der Waals surface area contributed by atoms with E-state index in [-0.39, 0.29) is 23.8 Å². The first-order valence-corrected chi connectivity index (χ1v) is 6.35. The van der Waals surface area contributed by atoms with Crippen molar-refractivity contribution in [1.82, 2.24) is 14.9 Å².